The fraction of sp³-hybridized carbons (Fsp3) is 0.692. The van der Waals surface area contributed by atoms with Crippen molar-refractivity contribution in [3.63, 3.8) is 0 Å². The summed E-state index contributed by atoms with van der Waals surface area (Å²) in [4.78, 5) is 8.44. The van der Waals surface area contributed by atoms with Crippen LogP contribution in [-0.2, 0) is 0 Å². The molecule has 2 fully saturated rings. The first kappa shape index (κ1) is 11.7. The van der Waals surface area contributed by atoms with Crippen LogP contribution in [0.25, 0.3) is 0 Å². The summed E-state index contributed by atoms with van der Waals surface area (Å²) in [6.45, 7) is 2.00. The van der Waals surface area contributed by atoms with E-state index in [1.54, 1.807) is 13.4 Å². The van der Waals surface area contributed by atoms with E-state index in [1.807, 2.05) is 6.92 Å². The van der Waals surface area contributed by atoms with Gasteiger partial charge in [-0.05, 0) is 32.6 Å². The Kier molecular flexibility index (Phi) is 3.07. The lowest BCUT2D eigenvalue weighted by Gasteiger charge is -2.30. The Morgan fingerprint density at radius 3 is 2.67 bits per heavy atom. The molecular weight excluding hydrogens is 228 g/mol. The SMILES string of the molecule is COc1ncnc(NC2CC3CCC(C2)N3)c1C. The molecule has 1 aromatic rings. The van der Waals surface area contributed by atoms with Gasteiger partial charge in [0.1, 0.15) is 12.1 Å². The number of piperidine rings is 1. The van der Waals surface area contributed by atoms with E-state index in [9.17, 15) is 0 Å². The number of aromatic nitrogens is 2. The highest BCUT2D eigenvalue weighted by Crippen LogP contribution is 2.29. The number of hydrogen-bond donors (Lipinski definition) is 2. The van der Waals surface area contributed by atoms with Crippen LogP contribution in [0, 0.1) is 6.92 Å². The third kappa shape index (κ3) is 2.14. The zero-order valence-electron chi connectivity index (χ0n) is 10.9. The Labute approximate surface area is 107 Å². The fourth-order valence-corrected chi connectivity index (χ4v) is 3.15. The van der Waals surface area contributed by atoms with Crippen molar-refractivity contribution in [1.29, 1.82) is 0 Å². The van der Waals surface area contributed by atoms with E-state index in [2.05, 4.69) is 20.6 Å². The minimum atomic E-state index is 0.516. The normalized spacial score (nSPS) is 30.2. The molecule has 18 heavy (non-hydrogen) atoms. The summed E-state index contributed by atoms with van der Waals surface area (Å²) in [5.74, 6) is 1.57. The van der Waals surface area contributed by atoms with Gasteiger partial charge in [-0.2, -0.15) is 0 Å². The van der Waals surface area contributed by atoms with Gasteiger partial charge in [0.05, 0.1) is 12.7 Å². The second kappa shape index (κ2) is 4.72. The highest BCUT2D eigenvalue weighted by Gasteiger charge is 2.33. The van der Waals surface area contributed by atoms with Crippen molar-refractivity contribution in [2.45, 2.75) is 50.7 Å². The maximum atomic E-state index is 5.23. The van der Waals surface area contributed by atoms with Gasteiger partial charge >= 0.3 is 0 Å². The van der Waals surface area contributed by atoms with Crippen LogP contribution < -0.4 is 15.4 Å². The number of nitrogens with zero attached hydrogens (tertiary/aromatic N) is 2. The molecule has 3 heterocycles. The molecule has 2 bridgehead atoms. The maximum absolute atomic E-state index is 5.23. The van der Waals surface area contributed by atoms with E-state index >= 15 is 0 Å². The molecule has 2 aliphatic rings. The van der Waals surface area contributed by atoms with Crippen LogP contribution >= 0.6 is 0 Å². The Balaban J connectivity index is 1.73. The number of rotatable bonds is 3. The molecule has 0 amide bonds. The van der Waals surface area contributed by atoms with Gasteiger partial charge in [0, 0.05) is 18.1 Å². The van der Waals surface area contributed by atoms with E-state index in [0.717, 1.165) is 11.4 Å². The minimum Gasteiger partial charge on any atom is -0.481 e. The molecule has 1 aromatic heterocycles. The largest absolute Gasteiger partial charge is 0.481 e. The quantitative estimate of drug-likeness (QED) is 0.848. The number of anilines is 1. The second-order valence-corrected chi connectivity index (χ2v) is 5.31. The number of hydrogen-bond acceptors (Lipinski definition) is 5. The van der Waals surface area contributed by atoms with Crippen molar-refractivity contribution in [3.8, 4) is 5.88 Å². The highest BCUT2D eigenvalue weighted by molar-refractivity contribution is 5.48. The first-order valence-corrected chi connectivity index (χ1v) is 6.64. The molecule has 0 radical (unpaired) electrons. The minimum absolute atomic E-state index is 0.516. The molecular formula is C13H20N4O. The monoisotopic (exact) mass is 248 g/mol. The lowest BCUT2D eigenvalue weighted by Crippen LogP contribution is -2.43. The van der Waals surface area contributed by atoms with Crippen molar-refractivity contribution in [3.05, 3.63) is 11.9 Å². The molecule has 0 spiro atoms. The molecule has 2 aliphatic heterocycles. The standard InChI is InChI=1S/C13H20N4O/c1-8-12(14-7-15-13(8)18-2)17-11-5-9-3-4-10(6-11)16-9/h7,9-11,16H,3-6H2,1-2H3,(H,14,15,17). The van der Waals surface area contributed by atoms with Crippen LogP contribution in [0.2, 0.25) is 0 Å². The average molecular weight is 248 g/mol. The van der Waals surface area contributed by atoms with Gasteiger partial charge in [0.15, 0.2) is 0 Å². The summed E-state index contributed by atoms with van der Waals surface area (Å²) in [6.07, 6.45) is 6.55. The van der Waals surface area contributed by atoms with Gasteiger partial charge in [-0.1, -0.05) is 0 Å². The summed E-state index contributed by atoms with van der Waals surface area (Å²) in [6, 6.07) is 1.89. The van der Waals surface area contributed by atoms with E-state index < -0.39 is 0 Å². The summed E-state index contributed by atoms with van der Waals surface area (Å²) < 4.78 is 5.23. The Hall–Kier alpha value is -1.36. The van der Waals surface area contributed by atoms with Crippen molar-refractivity contribution in [1.82, 2.24) is 15.3 Å². The lowest BCUT2D eigenvalue weighted by atomic mass is 10.00. The molecule has 2 unspecified atom stereocenters. The number of ether oxygens (including phenoxy) is 1. The maximum Gasteiger partial charge on any atom is 0.221 e. The molecule has 2 saturated heterocycles. The van der Waals surface area contributed by atoms with E-state index in [0.29, 0.717) is 24.0 Å². The summed E-state index contributed by atoms with van der Waals surface area (Å²) in [5.41, 5.74) is 0.992. The smallest absolute Gasteiger partial charge is 0.221 e. The van der Waals surface area contributed by atoms with Gasteiger partial charge in [-0.15, -0.1) is 0 Å². The predicted molar refractivity (Wildman–Crippen MR) is 69.9 cm³/mol. The Morgan fingerprint density at radius 2 is 2.00 bits per heavy atom. The van der Waals surface area contributed by atoms with Gasteiger partial charge < -0.3 is 15.4 Å². The molecule has 2 N–H and O–H groups in total. The molecule has 0 aliphatic carbocycles. The van der Waals surface area contributed by atoms with E-state index in [4.69, 9.17) is 4.74 Å². The van der Waals surface area contributed by atoms with Gasteiger partial charge in [-0.25, -0.2) is 9.97 Å². The topological polar surface area (TPSA) is 59.1 Å². The molecule has 3 rings (SSSR count). The Bertz CT molecular complexity index is 425. The third-order valence-electron chi connectivity index (χ3n) is 4.05. The number of nitrogens with one attached hydrogen (secondary N) is 2. The van der Waals surface area contributed by atoms with Crippen molar-refractivity contribution >= 4 is 5.82 Å². The molecule has 5 nitrogen and oxygen atoms in total. The molecule has 98 valence electrons. The van der Waals surface area contributed by atoms with Crippen molar-refractivity contribution < 1.29 is 4.74 Å². The zero-order valence-corrected chi connectivity index (χ0v) is 10.9. The van der Waals surface area contributed by atoms with E-state index in [1.165, 1.54) is 25.7 Å². The highest BCUT2D eigenvalue weighted by atomic mass is 16.5. The van der Waals surface area contributed by atoms with Crippen LogP contribution in [0.15, 0.2) is 6.33 Å². The van der Waals surface area contributed by atoms with Crippen LogP contribution in [0.4, 0.5) is 5.82 Å². The van der Waals surface area contributed by atoms with Crippen LogP contribution in [0.5, 0.6) is 5.88 Å². The van der Waals surface area contributed by atoms with Gasteiger partial charge in [-0.3, -0.25) is 0 Å². The average Bonchev–Trinajstić information content (AvgIpc) is 2.71. The predicted octanol–water partition coefficient (Wildman–Crippen LogP) is 1.49. The lowest BCUT2D eigenvalue weighted by molar-refractivity contribution is 0.376. The molecule has 0 aromatic carbocycles. The van der Waals surface area contributed by atoms with E-state index in [-0.39, 0.29) is 0 Å². The van der Waals surface area contributed by atoms with Crippen LogP contribution in [0.1, 0.15) is 31.2 Å². The summed E-state index contributed by atoms with van der Waals surface area (Å²) in [5, 5.41) is 7.20. The summed E-state index contributed by atoms with van der Waals surface area (Å²) >= 11 is 0. The fourth-order valence-electron chi connectivity index (χ4n) is 3.15. The Morgan fingerprint density at radius 1 is 1.28 bits per heavy atom. The van der Waals surface area contributed by atoms with Gasteiger partial charge in [0.25, 0.3) is 0 Å². The molecule has 5 heteroatoms. The first-order chi connectivity index (χ1) is 8.76. The number of methoxy groups -OCH3 is 1. The zero-order chi connectivity index (χ0) is 12.5. The van der Waals surface area contributed by atoms with Gasteiger partial charge in [0.2, 0.25) is 5.88 Å². The summed E-state index contributed by atoms with van der Waals surface area (Å²) in [7, 11) is 1.64. The number of fused-ring (bicyclic) bond motifs is 2. The van der Waals surface area contributed by atoms with Crippen molar-refractivity contribution in [2.24, 2.45) is 0 Å². The van der Waals surface area contributed by atoms with Crippen LogP contribution in [0.3, 0.4) is 0 Å². The third-order valence-corrected chi connectivity index (χ3v) is 4.05. The van der Waals surface area contributed by atoms with Crippen molar-refractivity contribution in [2.75, 3.05) is 12.4 Å². The second-order valence-electron chi connectivity index (χ2n) is 5.31. The molecule has 2 atom stereocenters. The molecule has 0 saturated carbocycles. The van der Waals surface area contributed by atoms with Crippen LogP contribution in [-0.4, -0.2) is 35.2 Å². The first-order valence-electron chi connectivity index (χ1n) is 6.64.